The van der Waals surface area contributed by atoms with E-state index in [1.54, 1.807) is 6.92 Å². The van der Waals surface area contributed by atoms with Gasteiger partial charge in [-0.05, 0) is 25.1 Å². The number of thiol groups is 1. The number of phenolic OH excluding ortho intramolecular Hbond substituents is 1. The maximum atomic E-state index is 10.2. The molecule has 0 saturated heterocycles. The van der Waals surface area contributed by atoms with Crippen LogP contribution in [0.1, 0.15) is 16.2 Å². The number of aryl methyl sites for hydroxylation is 1. The van der Waals surface area contributed by atoms with Crippen LogP contribution < -0.4 is 5.84 Å². The highest BCUT2D eigenvalue weighted by Crippen LogP contribution is 2.18. The number of carbonyl (C=O) groups is 1. The van der Waals surface area contributed by atoms with Gasteiger partial charge in [-0.1, -0.05) is 11.6 Å². The number of aromatic nitrogens is 3. The number of benzene rings is 1. The summed E-state index contributed by atoms with van der Waals surface area (Å²) in [5, 5.41) is 17.0. The van der Waals surface area contributed by atoms with Crippen LogP contribution in [0.2, 0.25) is 5.02 Å². The SMILES string of the molecule is Cc1nnc(S)n1N.O=Cc1cc(Cl)ccc1O. The van der Waals surface area contributed by atoms with Crippen LogP contribution in [0.3, 0.4) is 0 Å². The molecule has 0 amide bonds. The number of rotatable bonds is 1. The Kier molecular flexibility index (Phi) is 4.99. The Morgan fingerprint density at radius 1 is 1.50 bits per heavy atom. The van der Waals surface area contributed by atoms with Crippen LogP contribution in [0.15, 0.2) is 23.4 Å². The molecule has 0 bridgehead atoms. The molecule has 96 valence electrons. The second kappa shape index (κ2) is 6.27. The van der Waals surface area contributed by atoms with Crippen molar-refractivity contribution in [3.05, 3.63) is 34.6 Å². The van der Waals surface area contributed by atoms with Gasteiger partial charge in [0, 0.05) is 5.02 Å². The molecule has 8 heteroatoms. The molecule has 2 aromatic rings. The Labute approximate surface area is 114 Å². The Morgan fingerprint density at radius 3 is 2.50 bits per heavy atom. The topological polar surface area (TPSA) is 94.0 Å². The quantitative estimate of drug-likeness (QED) is 0.419. The summed E-state index contributed by atoms with van der Waals surface area (Å²) in [6.45, 7) is 1.76. The highest BCUT2D eigenvalue weighted by Gasteiger charge is 1.98. The van der Waals surface area contributed by atoms with Crippen LogP contribution in [0.4, 0.5) is 0 Å². The average molecular weight is 287 g/mol. The summed E-state index contributed by atoms with van der Waals surface area (Å²) < 4.78 is 1.31. The number of nitrogen functional groups attached to an aromatic ring is 1. The maximum Gasteiger partial charge on any atom is 0.206 e. The first-order valence-electron chi connectivity index (χ1n) is 4.75. The van der Waals surface area contributed by atoms with Gasteiger partial charge >= 0.3 is 0 Å². The minimum Gasteiger partial charge on any atom is -0.507 e. The molecule has 1 aromatic heterocycles. The molecule has 3 N–H and O–H groups in total. The van der Waals surface area contributed by atoms with Crippen molar-refractivity contribution in [3.63, 3.8) is 0 Å². The van der Waals surface area contributed by atoms with Crippen molar-refractivity contribution in [1.82, 2.24) is 14.9 Å². The summed E-state index contributed by atoms with van der Waals surface area (Å²) in [5.41, 5.74) is 0.215. The van der Waals surface area contributed by atoms with E-state index in [1.165, 1.54) is 22.9 Å². The monoisotopic (exact) mass is 286 g/mol. The Bertz CT molecular complexity index is 539. The zero-order chi connectivity index (χ0) is 13.7. The number of phenols is 1. The Morgan fingerprint density at radius 2 is 2.17 bits per heavy atom. The first kappa shape index (κ1) is 14.3. The van der Waals surface area contributed by atoms with Crippen molar-refractivity contribution in [2.24, 2.45) is 0 Å². The van der Waals surface area contributed by atoms with Crippen molar-refractivity contribution in [2.75, 3.05) is 5.84 Å². The van der Waals surface area contributed by atoms with Crippen LogP contribution in [-0.4, -0.2) is 26.3 Å². The van der Waals surface area contributed by atoms with E-state index in [0.29, 0.717) is 22.3 Å². The standard InChI is InChI=1S/C7H5ClO2.C3H6N4S/c8-6-1-2-7(10)5(3-6)4-9;1-2-5-6-3(8)7(2)4/h1-4,10H;4H2,1H3,(H,6,8). The molecule has 0 spiro atoms. The van der Waals surface area contributed by atoms with Gasteiger partial charge in [0.05, 0.1) is 5.56 Å². The first-order valence-corrected chi connectivity index (χ1v) is 5.58. The van der Waals surface area contributed by atoms with Crippen LogP contribution in [0.25, 0.3) is 0 Å². The first-order chi connectivity index (χ1) is 8.45. The van der Waals surface area contributed by atoms with E-state index in [-0.39, 0.29) is 11.3 Å². The zero-order valence-corrected chi connectivity index (χ0v) is 11.1. The normalized spacial score (nSPS) is 9.50. The largest absolute Gasteiger partial charge is 0.507 e. The fourth-order valence-corrected chi connectivity index (χ4v) is 1.35. The van der Waals surface area contributed by atoms with Gasteiger partial charge in [0.2, 0.25) is 5.16 Å². The van der Waals surface area contributed by atoms with Gasteiger partial charge in [-0.25, -0.2) is 4.68 Å². The molecule has 0 saturated carbocycles. The molecule has 2 rings (SSSR count). The molecule has 0 unspecified atom stereocenters. The average Bonchev–Trinajstić information content (AvgIpc) is 2.64. The van der Waals surface area contributed by atoms with Gasteiger partial charge in [-0.3, -0.25) is 4.79 Å². The summed E-state index contributed by atoms with van der Waals surface area (Å²) >= 11 is 9.41. The molecule has 1 aromatic carbocycles. The number of aromatic hydroxyl groups is 1. The zero-order valence-electron chi connectivity index (χ0n) is 9.41. The van der Waals surface area contributed by atoms with Crippen LogP contribution in [-0.2, 0) is 0 Å². The van der Waals surface area contributed by atoms with Crippen molar-refractivity contribution < 1.29 is 9.90 Å². The molecule has 0 aliphatic rings. The highest BCUT2D eigenvalue weighted by atomic mass is 35.5. The summed E-state index contributed by atoms with van der Waals surface area (Å²) in [7, 11) is 0. The third kappa shape index (κ3) is 3.64. The number of aldehydes is 1. The molecule has 0 radical (unpaired) electrons. The van der Waals surface area contributed by atoms with E-state index in [0.717, 1.165) is 0 Å². The summed E-state index contributed by atoms with van der Waals surface area (Å²) in [5.74, 6) is 5.94. The predicted octanol–water partition coefficient (Wildman–Crippen LogP) is 1.45. The van der Waals surface area contributed by atoms with E-state index in [2.05, 4.69) is 22.8 Å². The minimum absolute atomic E-state index is 0.0422. The lowest BCUT2D eigenvalue weighted by molar-refractivity contribution is 0.112. The molecule has 6 nitrogen and oxygen atoms in total. The summed E-state index contributed by atoms with van der Waals surface area (Å²) in [6, 6.07) is 4.31. The molecule has 0 aliphatic carbocycles. The minimum atomic E-state index is -0.0422. The van der Waals surface area contributed by atoms with E-state index in [1.807, 2.05) is 0 Å². The lowest BCUT2D eigenvalue weighted by Crippen LogP contribution is -2.10. The summed E-state index contributed by atoms with van der Waals surface area (Å²) in [4.78, 5) is 10.2. The number of hydrogen-bond acceptors (Lipinski definition) is 6. The van der Waals surface area contributed by atoms with Crippen molar-refractivity contribution in [2.45, 2.75) is 12.1 Å². The van der Waals surface area contributed by atoms with E-state index in [4.69, 9.17) is 22.6 Å². The van der Waals surface area contributed by atoms with Gasteiger partial charge in [-0.2, -0.15) is 0 Å². The molecular formula is C10H11ClN4O2S. The molecule has 0 atom stereocenters. The molecule has 0 aliphatic heterocycles. The van der Waals surface area contributed by atoms with Gasteiger partial charge in [-0.15, -0.1) is 22.8 Å². The number of nitrogens with zero attached hydrogens (tertiary/aromatic N) is 3. The van der Waals surface area contributed by atoms with Crippen LogP contribution in [0, 0.1) is 6.92 Å². The van der Waals surface area contributed by atoms with Crippen molar-refractivity contribution in [3.8, 4) is 5.75 Å². The Balaban J connectivity index is 0.000000184. The van der Waals surface area contributed by atoms with Crippen LogP contribution in [0.5, 0.6) is 5.75 Å². The lowest BCUT2D eigenvalue weighted by Gasteiger charge is -1.94. The van der Waals surface area contributed by atoms with Gasteiger partial charge < -0.3 is 10.9 Å². The van der Waals surface area contributed by atoms with Crippen LogP contribution >= 0.6 is 24.2 Å². The van der Waals surface area contributed by atoms with E-state index in [9.17, 15) is 4.79 Å². The predicted molar refractivity (Wildman–Crippen MR) is 70.7 cm³/mol. The lowest BCUT2D eigenvalue weighted by atomic mass is 10.2. The molecule has 1 heterocycles. The van der Waals surface area contributed by atoms with Crippen molar-refractivity contribution in [1.29, 1.82) is 0 Å². The maximum absolute atomic E-state index is 10.2. The third-order valence-corrected chi connectivity index (χ3v) is 2.50. The van der Waals surface area contributed by atoms with E-state index >= 15 is 0 Å². The van der Waals surface area contributed by atoms with Gasteiger partial charge in [0.25, 0.3) is 0 Å². The number of nitrogens with two attached hydrogens (primary N) is 1. The second-order valence-corrected chi connectivity index (χ2v) is 4.07. The van der Waals surface area contributed by atoms with E-state index < -0.39 is 0 Å². The molecular weight excluding hydrogens is 276 g/mol. The molecule has 18 heavy (non-hydrogen) atoms. The number of carbonyl (C=O) groups excluding carboxylic acids is 1. The fourth-order valence-electron chi connectivity index (χ4n) is 0.978. The second-order valence-electron chi connectivity index (χ2n) is 3.24. The highest BCUT2D eigenvalue weighted by molar-refractivity contribution is 7.80. The summed E-state index contributed by atoms with van der Waals surface area (Å²) in [6.07, 6.45) is 0.557. The number of hydrogen-bond donors (Lipinski definition) is 3. The van der Waals surface area contributed by atoms with Crippen molar-refractivity contribution >= 4 is 30.5 Å². The number of halogens is 1. The third-order valence-electron chi connectivity index (χ3n) is 1.96. The fraction of sp³-hybridized carbons (Fsp3) is 0.100. The Hall–Kier alpha value is -1.73. The molecule has 0 fully saturated rings. The van der Waals surface area contributed by atoms with Gasteiger partial charge in [0.1, 0.15) is 11.6 Å². The van der Waals surface area contributed by atoms with Gasteiger partial charge in [0.15, 0.2) is 6.29 Å². The smallest absolute Gasteiger partial charge is 0.206 e.